The van der Waals surface area contributed by atoms with E-state index in [9.17, 15) is 0 Å². The number of rotatable bonds is 8. The number of hydrogen-bond acceptors (Lipinski definition) is 4. The molecule has 286 valence electrons. The first kappa shape index (κ1) is 35.9. The number of aromatic nitrogens is 3. The third-order valence-corrected chi connectivity index (χ3v) is 11.3. The van der Waals surface area contributed by atoms with E-state index in [0.29, 0.717) is 17.5 Å². The molecule has 0 amide bonds. The molecule has 61 heavy (non-hydrogen) atoms. The number of benzene rings is 9. The van der Waals surface area contributed by atoms with E-state index in [1.54, 1.807) is 0 Å². The molecule has 0 saturated carbocycles. The van der Waals surface area contributed by atoms with E-state index in [4.69, 9.17) is 19.4 Å². The van der Waals surface area contributed by atoms with Gasteiger partial charge in [0.15, 0.2) is 17.5 Å². The van der Waals surface area contributed by atoms with Gasteiger partial charge in [-0.2, -0.15) is 0 Å². The quantitative estimate of drug-likeness (QED) is 0.154. The maximum atomic E-state index is 6.17. The van der Waals surface area contributed by atoms with Crippen molar-refractivity contribution in [2.75, 3.05) is 0 Å². The molecule has 0 atom stereocenters. The zero-order valence-electron chi connectivity index (χ0n) is 33.1. The molecule has 0 radical (unpaired) electrons. The summed E-state index contributed by atoms with van der Waals surface area (Å²) in [7, 11) is 0. The van der Waals surface area contributed by atoms with Gasteiger partial charge < -0.3 is 4.42 Å². The van der Waals surface area contributed by atoms with Gasteiger partial charge in [-0.05, 0) is 98.1 Å². The Kier molecular flexibility index (Phi) is 9.14. The fraction of sp³-hybridized carbons (Fsp3) is 0. The van der Waals surface area contributed by atoms with Crippen LogP contribution in [0, 0.1) is 0 Å². The van der Waals surface area contributed by atoms with Crippen molar-refractivity contribution in [2.45, 2.75) is 0 Å². The van der Waals surface area contributed by atoms with Crippen molar-refractivity contribution < 1.29 is 4.42 Å². The minimum atomic E-state index is 0.595. The normalized spacial score (nSPS) is 11.3. The summed E-state index contributed by atoms with van der Waals surface area (Å²) in [6.07, 6.45) is 0. The van der Waals surface area contributed by atoms with Crippen LogP contribution in [0.2, 0.25) is 0 Å². The van der Waals surface area contributed by atoms with E-state index < -0.39 is 0 Å². The molecule has 0 spiro atoms. The van der Waals surface area contributed by atoms with Gasteiger partial charge in [0.1, 0.15) is 11.2 Å². The van der Waals surface area contributed by atoms with Crippen molar-refractivity contribution in [3.63, 3.8) is 0 Å². The van der Waals surface area contributed by atoms with E-state index in [2.05, 4.69) is 164 Å². The molecule has 2 heterocycles. The average Bonchev–Trinajstić information content (AvgIpc) is 3.73. The lowest BCUT2D eigenvalue weighted by molar-refractivity contribution is 0.669. The van der Waals surface area contributed by atoms with Gasteiger partial charge in [-0.3, -0.25) is 0 Å². The van der Waals surface area contributed by atoms with Crippen LogP contribution in [-0.4, -0.2) is 15.0 Å². The van der Waals surface area contributed by atoms with Crippen LogP contribution in [0.1, 0.15) is 0 Å². The molecule has 0 aliphatic rings. The Morgan fingerprint density at radius 2 is 0.738 bits per heavy atom. The Morgan fingerprint density at radius 3 is 1.41 bits per heavy atom. The summed E-state index contributed by atoms with van der Waals surface area (Å²) in [5, 5.41) is 2.08. The van der Waals surface area contributed by atoms with Crippen LogP contribution in [0.15, 0.2) is 229 Å². The minimum absolute atomic E-state index is 0.595. The van der Waals surface area contributed by atoms with Gasteiger partial charge in [-0.15, -0.1) is 0 Å². The lowest BCUT2D eigenvalue weighted by Gasteiger charge is -2.20. The molecule has 0 aliphatic heterocycles. The fourth-order valence-electron chi connectivity index (χ4n) is 8.42. The smallest absolute Gasteiger partial charge is 0.164 e. The van der Waals surface area contributed by atoms with Crippen LogP contribution in [-0.2, 0) is 0 Å². The van der Waals surface area contributed by atoms with Gasteiger partial charge in [0.05, 0.1) is 0 Å². The zero-order chi connectivity index (χ0) is 40.5. The molecule has 0 saturated heterocycles. The summed E-state index contributed by atoms with van der Waals surface area (Å²) in [5.74, 6) is 1.81. The molecule has 11 rings (SSSR count). The third-order valence-electron chi connectivity index (χ3n) is 11.3. The van der Waals surface area contributed by atoms with Crippen LogP contribution in [0.5, 0.6) is 0 Å². The molecule has 0 N–H and O–H groups in total. The lowest BCUT2D eigenvalue weighted by atomic mass is 9.84. The predicted molar refractivity (Wildman–Crippen MR) is 251 cm³/mol. The number of fused-ring (bicyclic) bond motifs is 3. The Hall–Kier alpha value is -8.21. The summed E-state index contributed by atoms with van der Waals surface area (Å²) in [5.41, 5.74) is 15.8. The number of para-hydroxylation sites is 1. The van der Waals surface area contributed by atoms with Gasteiger partial charge >= 0.3 is 0 Å². The maximum absolute atomic E-state index is 6.17. The first-order valence-electron chi connectivity index (χ1n) is 20.5. The maximum Gasteiger partial charge on any atom is 0.164 e. The molecule has 11 aromatic rings. The summed E-state index contributed by atoms with van der Waals surface area (Å²) < 4.78 is 6.17. The van der Waals surface area contributed by atoms with Gasteiger partial charge in [-0.25, -0.2) is 15.0 Å². The molecular weight excluding hydrogens is 743 g/mol. The van der Waals surface area contributed by atoms with Gasteiger partial charge in [0.25, 0.3) is 0 Å². The van der Waals surface area contributed by atoms with Gasteiger partial charge in [-0.1, -0.05) is 182 Å². The van der Waals surface area contributed by atoms with E-state index in [1.807, 2.05) is 60.7 Å². The fourth-order valence-corrected chi connectivity index (χ4v) is 8.42. The van der Waals surface area contributed by atoms with Gasteiger partial charge in [0, 0.05) is 27.5 Å². The van der Waals surface area contributed by atoms with Crippen LogP contribution in [0.4, 0.5) is 0 Å². The second-order valence-electron chi connectivity index (χ2n) is 15.2. The standard InChI is InChI=1S/C57H37N3O/c1-5-18-38(19-6-1)45-36-49(39-20-7-2-8-21-39)54(50(37-45)40-22-9-3-10-23-40)43-27-17-26-42(34-43)46-28-13-14-30-48(46)57-59-55(41-24-11-4-12-25-41)58-56(60-57)44-32-33-53-51(35-44)47-29-15-16-31-52(47)61-53/h1-37H. The minimum Gasteiger partial charge on any atom is -0.456 e. The molecule has 4 heteroatoms. The summed E-state index contributed by atoms with van der Waals surface area (Å²) >= 11 is 0. The highest BCUT2D eigenvalue weighted by Crippen LogP contribution is 2.45. The van der Waals surface area contributed by atoms with E-state index in [0.717, 1.165) is 66.4 Å². The highest BCUT2D eigenvalue weighted by molar-refractivity contribution is 6.06. The topological polar surface area (TPSA) is 51.8 Å². The lowest BCUT2D eigenvalue weighted by Crippen LogP contribution is -2.01. The summed E-state index contributed by atoms with van der Waals surface area (Å²) in [6.45, 7) is 0. The van der Waals surface area contributed by atoms with Crippen LogP contribution in [0.25, 0.3) is 112 Å². The second kappa shape index (κ2) is 15.5. The molecule has 0 bridgehead atoms. The molecule has 0 aliphatic carbocycles. The van der Waals surface area contributed by atoms with Crippen LogP contribution in [0.3, 0.4) is 0 Å². The zero-order valence-corrected chi connectivity index (χ0v) is 33.1. The summed E-state index contributed by atoms with van der Waals surface area (Å²) in [6, 6.07) is 78.5. The average molecular weight is 780 g/mol. The molecule has 0 unspecified atom stereocenters. The van der Waals surface area contributed by atoms with Crippen LogP contribution < -0.4 is 0 Å². The Bertz CT molecular complexity index is 3280. The highest BCUT2D eigenvalue weighted by Gasteiger charge is 2.20. The Labute approximate surface area is 354 Å². The third kappa shape index (κ3) is 6.86. The summed E-state index contributed by atoms with van der Waals surface area (Å²) in [4.78, 5) is 15.5. The predicted octanol–water partition coefficient (Wildman–Crippen LogP) is 15.1. The molecule has 0 fully saturated rings. The van der Waals surface area contributed by atoms with Crippen molar-refractivity contribution >= 4 is 21.9 Å². The molecular formula is C57H37N3O. The molecule has 9 aromatic carbocycles. The van der Waals surface area contributed by atoms with E-state index >= 15 is 0 Å². The number of nitrogens with zero attached hydrogens (tertiary/aromatic N) is 3. The first-order valence-corrected chi connectivity index (χ1v) is 20.5. The monoisotopic (exact) mass is 779 g/mol. The largest absolute Gasteiger partial charge is 0.456 e. The van der Waals surface area contributed by atoms with Crippen molar-refractivity contribution in [1.82, 2.24) is 15.0 Å². The van der Waals surface area contributed by atoms with E-state index in [1.165, 1.54) is 27.8 Å². The van der Waals surface area contributed by atoms with Crippen molar-refractivity contribution in [1.29, 1.82) is 0 Å². The first-order chi connectivity index (χ1) is 30.2. The van der Waals surface area contributed by atoms with Crippen molar-refractivity contribution in [3.05, 3.63) is 224 Å². The SMILES string of the molecule is c1ccc(-c2cc(-c3ccccc3)c(-c3cccc(-c4ccccc4-c4nc(-c5ccccc5)nc(-c5ccc6oc7ccccc7c6c5)n4)c3)c(-c3ccccc3)c2)cc1. The number of furan rings is 1. The molecule has 4 nitrogen and oxygen atoms in total. The van der Waals surface area contributed by atoms with Crippen molar-refractivity contribution in [2.24, 2.45) is 0 Å². The van der Waals surface area contributed by atoms with Gasteiger partial charge in [0.2, 0.25) is 0 Å². The van der Waals surface area contributed by atoms with Crippen molar-refractivity contribution in [3.8, 4) is 89.8 Å². The highest BCUT2D eigenvalue weighted by atomic mass is 16.3. The van der Waals surface area contributed by atoms with Crippen LogP contribution >= 0.6 is 0 Å². The Balaban J connectivity index is 1.10. The Morgan fingerprint density at radius 1 is 0.246 bits per heavy atom. The van der Waals surface area contributed by atoms with E-state index in [-0.39, 0.29) is 0 Å². The second-order valence-corrected chi connectivity index (χ2v) is 15.2. The number of hydrogen-bond donors (Lipinski definition) is 0. The molecule has 2 aromatic heterocycles.